The summed E-state index contributed by atoms with van der Waals surface area (Å²) in [4.78, 5) is 28.4. The Morgan fingerprint density at radius 1 is 0.875 bits per heavy atom. The molecule has 1 saturated heterocycles. The number of rotatable bonds is 2. The predicted octanol–water partition coefficient (Wildman–Crippen LogP) is 2.56. The van der Waals surface area contributed by atoms with E-state index in [0.717, 1.165) is 5.56 Å². The Balaban J connectivity index is 1.82. The number of amides is 2. The maximum atomic E-state index is 12.7. The van der Waals surface area contributed by atoms with Crippen LogP contribution in [0.1, 0.15) is 35.6 Å². The van der Waals surface area contributed by atoms with Gasteiger partial charge in [0, 0.05) is 25.6 Å². The minimum atomic E-state index is -0.375. The molecule has 2 heterocycles. The fourth-order valence-electron chi connectivity index (χ4n) is 3.94. The molecule has 24 heavy (non-hydrogen) atoms. The molecular weight excluding hydrogens is 300 g/mol. The maximum absolute atomic E-state index is 12.7. The highest BCUT2D eigenvalue weighted by Crippen LogP contribution is 2.41. The lowest BCUT2D eigenvalue weighted by Crippen LogP contribution is -2.58. The Hall–Kier alpha value is -2.62. The first-order valence-electron chi connectivity index (χ1n) is 8.44. The number of carbonyl (C=O) groups excluding carboxylic acids is 2. The molecule has 4 heteroatoms. The zero-order valence-electron chi connectivity index (χ0n) is 13.7. The van der Waals surface area contributed by atoms with Gasteiger partial charge < -0.3 is 9.80 Å². The molecule has 2 aromatic rings. The molecule has 122 valence electrons. The van der Waals surface area contributed by atoms with Crippen molar-refractivity contribution in [2.24, 2.45) is 0 Å². The highest BCUT2D eigenvalue weighted by Gasteiger charge is 2.44. The lowest BCUT2D eigenvalue weighted by atomic mass is 9.80. The summed E-state index contributed by atoms with van der Waals surface area (Å²) in [5, 5.41) is 0. The topological polar surface area (TPSA) is 40.6 Å². The Morgan fingerprint density at radius 3 is 2.25 bits per heavy atom. The fraction of sp³-hybridized carbons (Fsp3) is 0.300. The predicted molar refractivity (Wildman–Crippen MR) is 91.4 cm³/mol. The van der Waals surface area contributed by atoms with E-state index in [0.29, 0.717) is 19.6 Å². The average molecular weight is 320 g/mol. The van der Waals surface area contributed by atoms with Gasteiger partial charge in [-0.15, -0.1) is 0 Å². The maximum Gasteiger partial charge on any atom is 0.312 e. The van der Waals surface area contributed by atoms with Crippen molar-refractivity contribution < 1.29 is 9.59 Å². The number of fused-ring (bicyclic) bond motifs is 3. The first kappa shape index (κ1) is 14.9. The van der Waals surface area contributed by atoms with Gasteiger partial charge in [0.1, 0.15) is 0 Å². The van der Waals surface area contributed by atoms with Gasteiger partial charge in [-0.2, -0.15) is 0 Å². The lowest BCUT2D eigenvalue weighted by Gasteiger charge is -2.46. The molecule has 2 amide bonds. The molecule has 4 nitrogen and oxygen atoms in total. The van der Waals surface area contributed by atoms with E-state index >= 15 is 0 Å². The van der Waals surface area contributed by atoms with Crippen molar-refractivity contribution in [2.45, 2.75) is 18.9 Å². The van der Waals surface area contributed by atoms with Crippen LogP contribution in [0.2, 0.25) is 0 Å². The van der Waals surface area contributed by atoms with Crippen molar-refractivity contribution >= 4 is 11.8 Å². The quantitative estimate of drug-likeness (QED) is 0.798. The minimum Gasteiger partial charge on any atom is -0.332 e. The van der Waals surface area contributed by atoms with Crippen molar-refractivity contribution in [1.29, 1.82) is 0 Å². The third kappa shape index (κ3) is 2.21. The van der Waals surface area contributed by atoms with Crippen molar-refractivity contribution in [3.05, 3.63) is 71.3 Å². The van der Waals surface area contributed by atoms with Gasteiger partial charge in [-0.1, -0.05) is 54.6 Å². The van der Waals surface area contributed by atoms with Crippen LogP contribution in [-0.4, -0.2) is 41.2 Å². The summed E-state index contributed by atoms with van der Waals surface area (Å²) >= 11 is 0. The number of nitrogens with zero attached hydrogens (tertiary/aromatic N) is 2. The van der Waals surface area contributed by atoms with Crippen molar-refractivity contribution in [3.8, 4) is 0 Å². The molecule has 0 aromatic heterocycles. The summed E-state index contributed by atoms with van der Waals surface area (Å²) in [6, 6.07) is 18.5. The van der Waals surface area contributed by atoms with E-state index in [2.05, 4.69) is 30.3 Å². The zero-order chi connectivity index (χ0) is 16.7. The molecule has 0 saturated carbocycles. The van der Waals surface area contributed by atoms with Gasteiger partial charge in [-0.25, -0.2) is 0 Å². The van der Waals surface area contributed by atoms with Crippen molar-refractivity contribution in [3.63, 3.8) is 0 Å². The largest absolute Gasteiger partial charge is 0.332 e. The van der Waals surface area contributed by atoms with Gasteiger partial charge in [0.15, 0.2) is 0 Å². The standard InChI is InChI=1S/C20H20N2O2/c1-2-21-13-18-16-11-7-6-10-15(16)17(14-8-4-3-5-9-14)12-22(18)20(24)19(21)23/h3-11,17-18H,2,12-13H2,1H3/t17-,18-/m0/s1. The number of piperazine rings is 1. The van der Waals surface area contributed by atoms with E-state index in [-0.39, 0.29) is 23.8 Å². The van der Waals surface area contributed by atoms with E-state index in [1.165, 1.54) is 11.1 Å². The van der Waals surface area contributed by atoms with Gasteiger partial charge in [0.2, 0.25) is 0 Å². The van der Waals surface area contributed by atoms with Crippen LogP contribution < -0.4 is 0 Å². The second-order valence-electron chi connectivity index (χ2n) is 6.41. The number of benzene rings is 2. The lowest BCUT2D eigenvalue weighted by molar-refractivity contribution is -0.159. The summed E-state index contributed by atoms with van der Waals surface area (Å²) in [6.07, 6.45) is 0. The monoisotopic (exact) mass is 320 g/mol. The van der Waals surface area contributed by atoms with Crippen LogP contribution in [0.3, 0.4) is 0 Å². The van der Waals surface area contributed by atoms with Gasteiger partial charge in [-0.3, -0.25) is 9.59 Å². The fourth-order valence-corrected chi connectivity index (χ4v) is 3.94. The number of hydrogen-bond donors (Lipinski definition) is 0. The Kier molecular flexibility index (Phi) is 3.60. The highest BCUT2D eigenvalue weighted by atomic mass is 16.2. The molecule has 0 aliphatic carbocycles. The molecule has 2 aromatic carbocycles. The van der Waals surface area contributed by atoms with Crippen molar-refractivity contribution in [1.82, 2.24) is 9.80 Å². The number of likely N-dealkylation sites (N-methyl/N-ethyl adjacent to an activating group) is 1. The van der Waals surface area contributed by atoms with E-state index in [4.69, 9.17) is 0 Å². The Morgan fingerprint density at radius 2 is 1.54 bits per heavy atom. The molecule has 2 aliphatic heterocycles. The molecule has 0 spiro atoms. The van der Waals surface area contributed by atoms with Gasteiger partial charge in [0.25, 0.3) is 0 Å². The van der Waals surface area contributed by atoms with Crippen LogP contribution in [0.5, 0.6) is 0 Å². The van der Waals surface area contributed by atoms with Gasteiger partial charge in [0.05, 0.1) is 6.04 Å². The zero-order valence-corrected chi connectivity index (χ0v) is 13.7. The third-order valence-corrected chi connectivity index (χ3v) is 5.19. The van der Waals surface area contributed by atoms with Crippen LogP contribution in [0.4, 0.5) is 0 Å². The summed E-state index contributed by atoms with van der Waals surface area (Å²) in [5.41, 5.74) is 3.61. The Bertz CT molecular complexity index is 787. The van der Waals surface area contributed by atoms with E-state index < -0.39 is 0 Å². The molecule has 4 rings (SSSR count). The van der Waals surface area contributed by atoms with E-state index in [1.54, 1.807) is 9.80 Å². The van der Waals surface area contributed by atoms with E-state index in [9.17, 15) is 9.59 Å². The first-order chi connectivity index (χ1) is 11.7. The molecule has 0 bridgehead atoms. The molecule has 2 atom stereocenters. The number of hydrogen-bond acceptors (Lipinski definition) is 2. The smallest absolute Gasteiger partial charge is 0.312 e. The molecular formula is C20H20N2O2. The van der Waals surface area contributed by atoms with Crippen LogP contribution in [0.15, 0.2) is 54.6 Å². The summed E-state index contributed by atoms with van der Waals surface area (Å²) in [7, 11) is 0. The molecule has 1 fully saturated rings. The molecule has 2 aliphatic rings. The normalized spacial score (nSPS) is 23.0. The van der Waals surface area contributed by atoms with Crippen LogP contribution in [0, 0.1) is 0 Å². The molecule has 0 radical (unpaired) electrons. The molecule has 0 N–H and O–H groups in total. The van der Waals surface area contributed by atoms with Gasteiger partial charge >= 0.3 is 11.8 Å². The minimum absolute atomic E-state index is 0.0358. The second-order valence-corrected chi connectivity index (χ2v) is 6.41. The van der Waals surface area contributed by atoms with Crippen LogP contribution in [0.25, 0.3) is 0 Å². The number of carbonyl (C=O) groups is 2. The van der Waals surface area contributed by atoms with Crippen molar-refractivity contribution in [2.75, 3.05) is 19.6 Å². The first-order valence-corrected chi connectivity index (χ1v) is 8.44. The summed E-state index contributed by atoms with van der Waals surface area (Å²) < 4.78 is 0. The Labute approximate surface area is 141 Å². The van der Waals surface area contributed by atoms with Crippen LogP contribution >= 0.6 is 0 Å². The summed E-state index contributed by atoms with van der Waals surface area (Å²) in [6.45, 7) is 3.63. The summed E-state index contributed by atoms with van der Waals surface area (Å²) in [5.74, 6) is -0.632. The highest BCUT2D eigenvalue weighted by molar-refractivity contribution is 6.35. The van der Waals surface area contributed by atoms with Crippen LogP contribution in [-0.2, 0) is 9.59 Å². The SMILES string of the molecule is CCN1C[C@H]2c3ccccc3[C@H](c3ccccc3)CN2C(=O)C1=O. The second kappa shape index (κ2) is 5.78. The third-order valence-electron chi connectivity index (χ3n) is 5.19. The van der Waals surface area contributed by atoms with E-state index in [1.807, 2.05) is 31.2 Å². The van der Waals surface area contributed by atoms with Gasteiger partial charge in [-0.05, 0) is 23.6 Å². The molecule has 0 unspecified atom stereocenters. The average Bonchev–Trinajstić information content (AvgIpc) is 2.64.